The fourth-order valence-corrected chi connectivity index (χ4v) is 6.35. The summed E-state index contributed by atoms with van der Waals surface area (Å²) in [6.45, 7) is 7.88. The molecule has 1 aliphatic rings. The van der Waals surface area contributed by atoms with Crippen LogP contribution in [0, 0.1) is 6.92 Å². The molecule has 1 aliphatic heterocycles. The van der Waals surface area contributed by atoms with Crippen molar-refractivity contribution in [2.24, 2.45) is 0 Å². The zero-order valence-corrected chi connectivity index (χ0v) is 24.1. The maximum Gasteiger partial charge on any atom is 0.254 e. The molecule has 4 rings (SSSR count). The quantitative estimate of drug-likeness (QED) is 0.226. The molecule has 0 fully saturated rings. The first-order chi connectivity index (χ1) is 18.5. The first-order valence-corrected chi connectivity index (χ1v) is 15.2. The van der Waals surface area contributed by atoms with E-state index in [1.165, 1.54) is 46.4 Å². The molecule has 1 atom stereocenters. The standard InChI is InChI=1S/C33H42N2O2S/c1-4-6-8-13-26-15-17-27(18-16-26)33(37)34(21-11-7-5-2)24-31(36)35-22-19-30-29(20-23-38-30)32(35)28-14-10-9-12-25(28)3/h9-10,12,14-18,20,23,32H,4-8,11,13,19,21-22,24H2,1-3H3/t32-/m0/s1. The molecule has 2 heterocycles. The molecular formula is C33H42N2O2S. The number of carbonyl (C=O) groups is 2. The van der Waals surface area contributed by atoms with Crippen LogP contribution in [0.3, 0.4) is 0 Å². The van der Waals surface area contributed by atoms with Gasteiger partial charge in [-0.25, -0.2) is 0 Å². The Morgan fingerprint density at radius 2 is 1.66 bits per heavy atom. The van der Waals surface area contributed by atoms with Gasteiger partial charge in [0.25, 0.3) is 5.91 Å². The van der Waals surface area contributed by atoms with Gasteiger partial charge in [-0.1, -0.05) is 75.9 Å². The number of unbranched alkanes of at least 4 members (excludes halogenated alkanes) is 4. The summed E-state index contributed by atoms with van der Waals surface area (Å²) in [5.41, 5.74) is 5.52. The van der Waals surface area contributed by atoms with E-state index in [0.717, 1.165) is 32.1 Å². The molecule has 5 heteroatoms. The van der Waals surface area contributed by atoms with E-state index < -0.39 is 0 Å². The van der Waals surface area contributed by atoms with E-state index in [9.17, 15) is 9.59 Å². The summed E-state index contributed by atoms with van der Waals surface area (Å²) in [4.78, 5) is 32.7. The van der Waals surface area contributed by atoms with Gasteiger partial charge in [0.15, 0.2) is 0 Å². The van der Waals surface area contributed by atoms with E-state index in [4.69, 9.17) is 0 Å². The number of benzene rings is 2. The second-order valence-corrected chi connectivity index (χ2v) is 11.5. The maximum absolute atomic E-state index is 13.9. The van der Waals surface area contributed by atoms with Crippen LogP contribution in [0.2, 0.25) is 0 Å². The smallest absolute Gasteiger partial charge is 0.254 e. The summed E-state index contributed by atoms with van der Waals surface area (Å²) >= 11 is 1.78. The van der Waals surface area contributed by atoms with Crippen LogP contribution in [0.25, 0.3) is 0 Å². The average molecular weight is 531 g/mol. The Kier molecular flexibility index (Phi) is 10.2. The molecule has 202 valence electrons. The highest BCUT2D eigenvalue weighted by molar-refractivity contribution is 7.10. The molecule has 0 aliphatic carbocycles. The second kappa shape index (κ2) is 13.7. The van der Waals surface area contributed by atoms with Crippen molar-refractivity contribution in [3.63, 3.8) is 0 Å². The number of carbonyl (C=O) groups excluding carboxylic acids is 2. The summed E-state index contributed by atoms with van der Waals surface area (Å²) in [6, 6.07) is 18.5. The summed E-state index contributed by atoms with van der Waals surface area (Å²) in [5.74, 6) is -0.0219. The van der Waals surface area contributed by atoms with Crippen LogP contribution in [0.4, 0.5) is 0 Å². The van der Waals surface area contributed by atoms with Gasteiger partial charge in [-0.3, -0.25) is 9.59 Å². The topological polar surface area (TPSA) is 40.6 Å². The molecule has 0 saturated carbocycles. The number of nitrogens with zero attached hydrogens (tertiary/aromatic N) is 2. The van der Waals surface area contributed by atoms with Gasteiger partial charge in [0.1, 0.15) is 6.54 Å². The van der Waals surface area contributed by atoms with Gasteiger partial charge >= 0.3 is 0 Å². The first-order valence-electron chi connectivity index (χ1n) is 14.3. The summed E-state index contributed by atoms with van der Waals surface area (Å²) < 4.78 is 0. The highest BCUT2D eigenvalue weighted by Crippen LogP contribution is 2.39. The van der Waals surface area contributed by atoms with Crippen LogP contribution in [-0.4, -0.2) is 41.2 Å². The molecule has 38 heavy (non-hydrogen) atoms. The highest BCUT2D eigenvalue weighted by atomic mass is 32.1. The summed E-state index contributed by atoms with van der Waals surface area (Å²) in [7, 11) is 0. The average Bonchev–Trinajstić information content (AvgIpc) is 3.42. The zero-order valence-electron chi connectivity index (χ0n) is 23.2. The molecule has 0 N–H and O–H groups in total. The van der Waals surface area contributed by atoms with E-state index in [0.29, 0.717) is 18.7 Å². The van der Waals surface area contributed by atoms with Crippen molar-refractivity contribution in [2.75, 3.05) is 19.6 Å². The van der Waals surface area contributed by atoms with E-state index in [1.54, 1.807) is 16.2 Å². The number of rotatable bonds is 12. The van der Waals surface area contributed by atoms with E-state index >= 15 is 0 Å². The van der Waals surface area contributed by atoms with Crippen molar-refractivity contribution < 1.29 is 9.59 Å². The molecule has 4 nitrogen and oxygen atoms in total. The third-order valence-corrected chi connectivity index (χ3v) is 8.68. The third kappa shape index (κ3) is 6.74. The summed E-state index contributed by atoms with van der Waals surface area (Å²) in [5, 5.41) is 2.14. The molecule has 3 aromatic rings. The van der Waals surface area contributed by atoms with Crippen LogP contribution in [-0.2, 0) is 17.6 Å². The van der Waals surface area contributed by atoms with Crippen molar-refractivity contribution in [3.05, 3.63) is 92.7 Å². The van der Waals surface area contributed by atoms with Gasteiger partial charge in [-0.15, -0.1) is 11.3 Å². The van der Waals surface area contributed by atoms with Gasteiger partial charge in [0.05, 0.1) is 6.04 Å². The Morgan fingerprint density at radius 1 is 0.921 bits per heavy atom. The molecule has 0 saturated heterocycles. The molecule has 2 aromatic carbocycles. The van der Waals surface area contributed by atoms with Crippen LogP contribution in [0.1, 0.15) is 95.9 Å². The minimum Gasteiger partial charge on any atom is -0.330 e. The van der Waals surface area contributed by atoms with Crippen molar-refractivity contribution in [1.29, 1.82) is 0 Å². The number of amides is 2. The van der Waals surface area contributed by atoms with Crippen LogP contribution < -0.4 is 0 Å². The molecule has 0 bridgehead atoms. The van der Waals surface area contributed by atoms with Gasteiger partial charge < -0.3 is 9.80 Å². The summed E-state index contributed by atoms with van der Waals surface area (Å²) in [6.07, 6.45) is 8.53. The van der Waals surface area contributed by atoms with Crippen molar-refractivity contribution in [2.45, 2.75) is 78.2 Å². The molecule has 2 amide bonds. The number of fused-ring (bicyclic) bond motifs is 1. The lowest BCUT2D eigenvalue weighted by molar-refractivity contribution is -0.134. The highest BCUT2D eigenvalue weighted by Gasteiger charge is 2.34. The third-order valence-electron chi connectivity index (χ3n) is 7.68. The lowest BCUT2D eigenvalue weighted by Crippen LogP contribution is -2.47. The Hall–Kier alpha value is -2.92. The van der Waals surface area contributed by atoms with Crippen LogP contribution >= 0.6 is 11.3 Å². The monoisotopic (exact) mass is 530 g/mol. The first kappa shape index (κ1) is 28.1. The normalized spacial score (nSPS) is 14.8. The van der Waals surface area contributed by atoms with Crippen molar-refractivity contribution in [3.8, 4) is 0 Å². The number of aryl methyl sites for hydroxylation is 2. The number of hydrogen-bond acceptors (Lipinski definition) is 3. The largest absolute Gasteiger partial charge is 0.330 e. The second-order valence-electron chi connectivity index (χ2n) is 10.5. The van der Waals surface area contributed by atoms with Crippen LogP contribution in [0.5, 0.6) is 0 Å². The molecule has 0 radical (unpaired) electrons. The van der Waals surface area contributed by atoms with Gasteiger partial charge in [-0.05, 0) is 78.4 Å². The Balaban J connectivity index is 1.54. The van der Waals surface area contributed by atoms with E-state index in [1.807, 2.05) is 23.1 Å². The van der Waals surface area contributed by atoms with Gasteiger partial charge in [0.2, 0.25) is 5.91 Å². The maximum atomic E-state index is 13.9. The zero-order chi connectivity index (χ0) is 26.9. The lowest BCUT2D eigenvalue weighted by Gasteiger charge is -2.38. The SMILES string of the molecule is CCCCCc1ccc(C(=O)N(CCCCC)CC(=O)N2CCc3sccc3[C@@H]2c2ccccc2C)cc1. The predicted octanol–water partition coefficient (Wildman–Crippen LogP) is 7.60. The minimum absolute atomic E-state index is 0.0242. The fraction of sp³-hybridized carbons (Fsp3) is 0.455. The van der Waals surface area contributed by atoms with Crippen LogP contribution in [0.15, 0.2) is 60.0 Å². The van der Waals surface area contributed by atoms with Crippen molar-refractivity contribution in [1.82, 2.24) is 9.80 Å². The Bertz CT molecular complexity index is 1200. The predicted molar refractivity (Wildman–Crippen MR) is 158 cm³/mol. The Labute approximate surface area is 232 Å². The van der Waals surface area contributed by atoms with Gasteiger partial charge in [-0.2, -0.15) is 0 Å². The van der Waals surface area contributed by atoms with Crippen molar-refractivity contribution >= 4 is 23.2 Å². The minimum atomic E-state index is -0.103. The van der Waals surface area contributed by atoms with E-state index in [2.05, 4.69) is 62.5 Å². The molecule has 1 aromatic heterocycles. The molecule has 0 unspecified atom stereocenters. The fourth-order valence-electron chi connectivity index (χ4n) is 5.45. The van der Waals surface area contributed by atoms with E-state index in [-0.39, 0.29) is 24.4 Å². The number of thiophene rings is 1. The molecular weight excluding hydrogens is 488 g/mol. The molecule has 0 spiro atoms. The lowest BCUT2D eigenvalue weighted by atomic mass is 9.90. The Morgan fingerprint density at radius 3 is 2.39 bits per heavy atom. The number of hydrogen-bond donors (Lipinski definition) is 0. The van der Waals surface area contributed by atoms with Gasteiger partial charge in [0, 0.05) is 23.5 Å².